The SMILES string of the molecule is CC(=O)Nc1ccc(S(=O)(=O)N2CCN(C(=O)c3cc4cc(Br)ccc4oc3=O)CC2)cc1. The lowest BCUT2D eigenvalue weighted by atomic mass is 10.1. The van der Waals surface area contributed by atoms with Gasteiger partial charge in [-0.15, -0.1) is 0 Å². The largest absolute Gasteiger partial charge is 0.422 e. The lowest BCUT2D eigenvalue weighted by Crippen LogP contribution is -2.51. The number of hydrogen-bond donors (Lipinski definition) is 1. The third-order valence-corrected chi connectivity index (χ3v) is 7.67. The van der Waals surface area contributed by atoms with E-state index >= 15 is 0 Å². The van der Waals surface area contributed by atoms with E-state index in [1.165, 1.54) is 46.5 Å². The first-order chi connectivity index (χ1) is 15.6. The van der Waals surface area contributed by atoms with E-state index in [2.05, 4.69) is 21.2 Å². The van der Waals surface area contributed by atoms with Crippen LogP contribution in [0.5, 0.6) is 0 Å². The number of fused-ring (bicyclic) bond motifs is 1. The van der Waals surface area contributed by atoms with Gasteiger partial charge in [0.1, 0.15) is 11.1 Å². The van der Waals surface area contributed by atoms with Crippen LogP contribution in [0.4, 0.5) is 5.69 Å². The number of halogens is 1. The van der Waals surface area contributed by atoms with Crippen LogP contribution in [0.3, 0.4) is 0 Å². The highest BCUT2D eigenvalue weighted by Gasteiger charge is 2.31. The molecular weight excluding hydrogens is 514 g/mol. The second-order valence-electron chi connectivity index (χ2n) is 7.53. The molecule has 172 valence electrons. The van der Waals surface area contributed by atoms with Crippen molar-refractivity contribution in [2.75, 3.05) is 31.5 Å². The van der Waals surface area contributed by atoms with E-state index in [4.69, 9.17) is 4.42 Å². The summed E-state index contributed by atoms with van der Waals surface area (Å²) in [5, 5.41) is 3.20. The Bertz CT molecular complexity index is 1390. The summed E-state index contributed by atoms with van der Waals surface area (Å²) >= 11 is 3.35. The third-order valence-electron chi connectivity index (χ3n) is 5.26. The number of hydrogen-bond acceptors (Lipinski definition) is 6. The van der Waals surface area contributed by atoms with Crippen molar-refractivity contribution in [2.45, 2.75) is 11.8 Å². The van der Waals surface area contributed by atoms with Crippen LogP contribution in [0.25, 0.3) is 11.0 Å². The maximum absolute atomic E-state index is 13.0. The van der Waals surface area contributed by atoms with Crippen LogP contribution >= 0.6 is 15.9 Å². The highest BCUT2D eigenvalue weighted by Crippen LogP contribution is 2.22. The summed E-state index contributed by atoms with van der Waals surface area (Å²) in [4.78, 5) is 38.0. The zero-order chi connectivity index (χ0) is 23.8. The Morgan fingerprint density at radius 1 is 1.00 bits per heavy atom. The first-order valence-corrected chi connectivity index (χ1v) is 12.3. The highest BCUT2D eigenvalue weighted by molar-refractivity contribution is 9.10. The topological polar surface area (TPSA) is 117 Å². The number of nitrogens with zero attached hydrogens (tertiary/aromatic N) is 2. The van der Waals surface area contributed by atoms with Gasteiger partial charge in [0, 0.05) is 48.6 Å². The fraction of sp³-hybridized carbons (Fsp3) is 0.227. The van der Waals surface area contributed by atoms with Crippen molar-refractivity contribution in [3.63, 3.8) is 0 Å². The Morgan fingerprint density at radius 3 is 2.30 bits per heavy atom. The minimum Gasteiger partial charge on any atom is -0.422 e. The van der Waals surface area contributed by atoms with E-state index in [0.717, 1.165) is 4.47 Å². The normalized spacial score (nSPS) is 14.9. The summed E-state index contributed by atoms with van der Waals surface area (Å²) in [6, 6.07) is 12.5. The minimum atomic E-state index is -3.77. The number of rotatable bonds is 4. The lowest BCUT2D eigenvalue weighted by Gasteiger charge is -2.33. The van der Waals surface area contributed by atoms with E-state index in [1.54, 1.807) is 18.2 Å². The molecule has 0 saturated carbocycles. The van der Waals surface area contributed by atoms with Crippen LogP contribution < -0.4 is 10.9 Å². The Labute approximate surface area is 198 Å². The smallest absolute Gasteiger partial charge is 0.349 e. The van der Waals surface area contributed by atoms with Crippen LogP contribution in [0.1, 0.15) is 17.3 Å². The van der Waals surface area contributed by atoms with Gasteiger partial charge < -0.3 is 14.6 Å². The van der Waals surface area contributed by atoms with Crippen molar-refractivity contribution in [3.8, 4) is 0 Å². The number of amides is 2. The molecule has 0 bridgehead atoms. The quantitative estimate of drug-likeness (QED) is 0.515. The first-order valence-electron chi connectivity index (χ1n) is 10.1. The summed E-state index contributed by atoms with van der Waals surface area (Å²) in [5.41, 5.74) is 0.0490. The molecule has 2 heterocycles. The lowest BCUT2D eigenvalue weighted by molar-refractivity contribution is -0.114. The summed E-state index contributed by atoms with van der Waals surface area (Å²) in [6.45, 7) is 1.82. The Balaban J connectivity index is 1.47. The maximum Gasteiger partial charge on any atom is 0.349 e. The van der Waals surface area contributed by atoms with Crippen molar-refractivity contribution in [1.82, 2.24) is 9.21 Å². The molecule has 4 rings (SSSR count). The molecule has 1 fully saturated rings. The average molecular weight is 534 g/mol. The molecular formula is C22H20BrN3O6S. The predicted molar refractivity (Wildman–Crippen MR) is 126 cm³/mol. The van der Waals surface area contributed by atoms with E-state index in [9.17, 15) is 22.8 Å². The minimum absolute atomic E-state index is 0.0893. The zero-order valence-corrected chi connectivity index (χ0v) is 20.0. The molecule has 0 spiro atoms. The van der Waals surface area contributed by atoms with Crippen LogP contribution in [0.2, 0.25) is 0 Å². The second kappa shape index (κ2) is 9.08. The van der Waals surface area contributed by atoms with Gasteiger partial charge >= 0.3 is 5.63 Å². The van der Waals surface area contributed by atoms with Gasteiger partial charge in [-0.2, -0.15) is 4.31 Å². The van der Waals surface area contributed by atoms with E-state index in [-0.39, 0.29) is 42.5 Å². The van der Waals surface area contributed by atoms with Gasteiger partial charge in [0.15, 0.2) is 0 Å². The third kappa shape index (κ3) is 4.85. The van der Waals surface area contributed by atoms with E-state index in [1.807, 2.05) is 0 Å². The van der Waals surface area contributed by atoms with Crippen molar-refractivity contribution in [1.29, 1.82) is 0 Å². The Kier molecular flexibility index (Phi) is 6.37. The molecule has 0 atom stereocenters. The van der Waals surface area contributed by atoms with Crippen molar-refractivity contribution >= 4 is 54.4 Å². The monoisotopic (exact) mass is 533 g/mol. The first kappa shape index (κ1) is 23.1. The van der Waals surface area contributed by atoms with Crippen LogP contribution in [-0.2, 0) is 14.8 Å². The molecule has 33 heavy (non-hydrogen) atoms. The fourth-order valence-corrected chi connectivity index (χ4v) is 5.41. The number of nitrogens with one attached hydrogen (secondary N) is 1. The van der Waals surface area contributed by atoms with Gasteiger partial charge in [-0.1, -0.05) is 15.9 Å². The van der Waals surface area contributed by atoms with Gasteiger partial charge in [-0.25, -0.2) is 13.2 Å². The van der Waals surface area contributed by atoms with Gasteiger partial charge in [0.05, 0.1) is 4.90 Å². The molecule has 2 aromatic carbocycles. The van der Waals surface area contributed by atoms with Crippen molar-refractivity contribution in [3.05, 3.63) is 69.0 Å². The van der Waals surface area contributed by atoms with Crippen LogP contribution in [0.15, 0.2) is 67.1 Å². The number of anilines is 1. The molecule has 3 aromatic rings. The number of carbonyl (C=O) groups excluding carboxylic acids is 2. The second-order valence-corrected chi connectivity index (χ2v) is 10.4. The van der Waals surface area contributed by atoms with E-state index < -0.39 is 21.6 Å². The van der Waals surface area contributed by atoms with E-state index in [0.29, 0.717) is 16.7 Å². The summed E-state index contributed by atoms with van der Waals surface area (Å²) in [7, 11) is -3.77. The van der Waals surface area contributed by atoms with Crippen molar-refractivity contribution < 1.29 is 22.4 Å². The summed E-state index contributed by atoms with van der Waals surface area (Å²) < 4.78 is 33.3. The fourth-order valence-electron chi connectivity index (χ4n) is 3.61. The molecule has 2 amide bonds. The molecule has 1 N–H and O–H groups in total. The molecule has 1 aliphatic rings. The predicted octanol–water partition coefficient (Wildman–Crippen LogP) is 2.66. The molecule has 0 unspecified atom stereocenters. The van der Waals surface area contributed by atoms with Gasteiger partial charge in [0.2, 0.25) is 15.9 Å². The number of benzene rings is 2. The van der Waals surface area contributed by atoms with Crippen LogP contribution in [0, 0.1) is 0 Å². The zero-order valence-electron chi connectivity index (χ0n) is 17.6. The van der Waals surface area contributed by atoms with Gasteiger partial charge in [-0.05, 0) is 48.5 Å². The maximum atomic E-state index is 13.0. The Morgan fingerprint density at radius 2 is 1.67 bits per heavy atom. The van der Waals surface area contributed by atoms with Crippen molar-refractivity contribution in [2.24, 2.45) is 0 Å². The van der Waals surface area contributed by atoms with Gasteiger partial charge in [-0.3, -0.25) is 9.59 Å². The number of carbonyl (C=O) groups is 2. The summed E-state index contributed by atoms with van der Waals surface area (Å²) in [5.74, 6) is -0.748. The average Bonchev–Trinajstić information content (AvgIpc) is 2.78. The molecule has 0 radical (unpaired) electrons. The molecule has 9 nitrogen and oxygen atoms in total. The molecule has 1 aromatic heterocycles. The van der Waals surface area contributed by atoms with Crippen LogP contribution in [-0.4, -0.2) is 55.6 Å². The molecule has 0 aliphatic carbocycles. The van der Waals surface area contributed by atoms with Gasteiger partial charge in [0.25, 0.3) is 5.91 Å². The summed E-state index contributed by atoms with van der Waals surface area (Å²) in [6.07, 6.45) is 0. The molecule has 1 aliphatic heterocycles. The number of sulfonamides is 1. The Hall–Kier alpha value is -3.02. The standard InChI is InChI=1S/C22H20BrN3O6S/c1-14(27)24-17-3-5-18(6-4-17)33(30,31)26-10-8-25(9-11-26)21(28)19-13-15-12-16(23)2-7-20(15)32-22(19)29/h2-7,12-13H,8-11H2,1H3,(H,24,27). The number of piperazine rings is 1. The molecule has 1 saturated heterocycles. The highest BCUT2D eigenvalue weighted by atomic mass is 79.9. The molecule has 11 heteroatoms.